The minimum Gasteiger partial charge on any atom is -0.380 e. The van der Waals surface area contributed by atoms with Gasteiger partial charge in [-0.25, -0.2) is 8.42 Å². The lowest BCUT2D eigenvalue weighted by Gasteiger charge is -2.38. The molecule has 4 aliphatic heterocycles. The molecule has 1 saturated carbocycles. The van der Waals surface area contributed by atoms with Gasteiger partial charge in [0, 0.05) is 24.2 Å². The van der Waals surface area contributed by atoms with Gasteiger partial charge >= 0.3 is 0 Å². The zero-order valence-corrected chi connectivity index (χ0v) is 17.6. The molecule has 2 unspecified atom stereocenters. The van der Waals surface area contributed by atoms with Crippen molar-refractivity contribution in [1.82, 2.24) is 20.1 Å². The highest BCUT2D eigenvalue weighted by Gasteiger charge is 2.56. The number of amides is 1. The number of nitrogens with zero attached hydrogens (tertiary/aromatic N) is 2. The maximum atomic E-state index is 13.2. The van der Waals surface area contributed by atoms with E-state index >= 15 is 0 Å². The normalized spacial score (nSPS) is 38.3. The summed E-state index contributed by atoms with van der Waals surface area (Å²) in [5, 5.41) is 10.3. The predicted octanol–water partition coefficient (Wildman–Crippen LogP) is 0.309. The van der Waals surface area contributed by atoms with Crippen LogP contribution in [-0.2, 0) is 14.8 Å². The number of rotatable bonds is 6. The van der Waals surface area contributed by atoms with E-state index in [2.05, 4.69) is 15.8 Å². The summed E-state index contributed by atoms with van der Waals surface area (Å²) in [5.74, 6) is 2.35. The number of hydrogen-bond acceptors (Lipinski definition) is 7. The van der Waals surface area contributed by atoms with Gasteiger partial charge in [0.05, 0.1) is 24.9 Å². The van der Waals surface area contributed by atoms with Crippen LogP contribution in [-0.4, -0.2) is 74.0 Å². The summed E-state index contributed by atoms with van der Waals surface area (Å²) in [6, 6.07) is 1.66. The number of ether oxygens (including phenoxy) is 1. The number of piperidine rings is 2. The van der Waals surface area contributed by atoms with E-state index < -0.39 is 10.0 Å². The molecule has 2 N–H and O–H groups in total. The highest BCUT2D eigenvalue weighted by molar-refractivity contribution is 7.89. The van der Waals surface area contributed by atoms with E-state index in [0.29, 0.717) is 55.3 Å². The summed E-state index contributed by atoms with van der Waals surface area (Å²) >= 11 is 0. The third-order valence-electron chi connectivity index (χ3n) is 7.80. The Kier molecular flexibility index (Phi) is 4.49. The van der Waals surface area contributed by atoms with Crippen LogP contribution in [0.25, 0.3) is 0 Å². The summed E-state index contributed by atoms with van der Waals surface area (Å²) in [5.41, 5.74) is 0.285. The van der Waals surface area contributed by atoms with E-state index in [1.54, 1.807) is 10.4 Å². The standard InChI is InChI=1S/C20H28N4O5S/c25-20(18-5-19(29-23-18)11-8-28-9-11)22-12-3-13-1-2-14(4-12)24(13)30(26,27)10-17-15-6-21-7-16(15)17/h5,11-17,21H,1-4,6-10H2,(H,22,25)/t12?,13-,14+,15-,16+,17?. The van der Waals surface area contributed by atoms with E-state index in [-0.39, 0.29) is 35.6 Å². The molecule has 1 aliphatic carbocycles. The van der Waals surface area contributed by atoms with E-state index in [9.17, 15) is 13.2 Å². The van der Waals surface area contributed by atoms with Gasteiger partial charge in [0.2, 0.25) is 10.0 Å². The van der Waals surface area contributed by atoms with Gasteiger partial charge in [0.15, 0.2) is 5.69 Å². The van der Waals surface area contributed by atoms with Crippen molar-refractivity contribution in [2.45, 2.75) is 49.7 Å². The summed E-state index contributed by atoms with van der Waals surface area (Å²) in [6.45, 7) is 3.13. The Morgan fingerprint density at radius 2 is 1.90 bits per heavy atom. The van der Waals surface area contributed by atoms with Crippen LogP contribution in [0, 0.1) is 17.8 Å². The zero-order valence-electron chi connectivity index (χ0n) is 16.8. The Labute approximate surface area is 175 Å². The van der Waals surface area contributed by atoms with Crippen LogP contribution in [0.3, 0.4) is 0 Å². The van der Waals surface area contributed by atoms with Gasteiger partial charge in [-0.15, -0.1) is 0 Å². The molecule has 0 radical (unpaired) electrons. The second-order valence-corrected chi connectivity index (χ2v) is 11.6. The molecule has 0 aromatic carbocycles. The molecule has 6 atom stereocenters. The maximum Gasteiger partial charge on any atom is 0.273 e. The van der Waals surface area contributed by atoms with E-state index in [1.165, 1.54) is 0 Å². The Morgan fingerprint density at radius 1 is 1.20 bits per heavy atom. The quantitative estimate of drug-likeness (QED) is 0.660. The zero-order chi connectivity index (χ0) is 20.5. The molecule has 10 heteroatoms. The number of carbonyl (C=O) groups is 1. The lowest BCUT2D eigenvalue weighted by atomic mass is 9.99. The van der Waals surface area contributed by atoms with Gasteiger partial charge in [-0.1, -0.05) is 5.16 Å². The third kappa shape index (κ3) is 3.19. The second kappa shape index (κ2) is 7.01. The number of aromatic nitrogens is 1. The van der Waals surface area contributed by atoms with Crippen molar-refractivity contribution in [3.05, 3.63) is 17.5 Å². The molecule has 4 saturated heterocycles. The number of fused-ring (bicyclic) bond motifs is 3. The van der Waals surface area contributed by atoms with E-state index in [1.807, 2.05) is 0 Å². The fourth-order valence-corrected chi connectivity index (χ4v) is 8.52. The topological polar surface area (TPSA) is 114 Å². The third-order valence-corrected chi connectivity index (χ3v) is 9.84. The van der Waals surface area contributed by atoms with Gasteiger partial charge in [-0.2, -0.15) is 4.31 Å². The van der Waals surface area contributed by atoms with Crippen LogP contribution in [0.2, 0.25) is 0 Å². The molecule has 1 amide bonds. The number of sulfonamides is 1. The lowest BCUT2D eigenvalue weighted by molar-refractivity contribution is -0.00228. The van der Waals surface area contributed by atoms with Gasteiger partial charge in [0.25, 0.3) is 5.91 Å². The second-order valence-electron chi connectivity index (χ2n) is 9.63. The molecule has 5 fully saturated rings. The molecule has 5 aliphatic rings. The fraction of sp³-hybridized carbons (Fsp3) is 0.800. The lowest BCUT2D eigenvalue weighted by Crippen LogP contribution is -2.53. The van der Waals surface area contributed by atoms with Gasteiger partial charge in [-0.05, 0) is 56.5 Å². The average molecular weight is 437 g/mol. The van der Waals surface area contributed by atoms with Crippen molar-refractivity contribution in [2.24, 2.45) is 17.8 Å². The molecule has 30 heavy (non-hydrogen) atoms. The van der Waals surface area contributed by atoms with Gasteiger partial charge in [0.1, 0.15) is 5.76 Å². The molecule has 6 rings (SSSR count). The van der Waals surface area contributed by atoms with Crippen molar-refractivity contribution in [2.75, 3.05) is 32.1 Å². The minimum absolute atomic E-state index is 0.00393. The first kappa shape index (κ1) is 19.2. The molecular formula is C20H28N4O5S. The molecule has 2 bridgehead atoms. The summed E-state index contributed by atoms with van der Waals surface area (Å²) < 4.78 is 38.6. The SMILES string of the molecule is O=C(NC1C[C@H]2CC[C@@H](C1)N2S(=O)(=O)CC1[C@H]2CNC[C@@H]12)c1cc(C2COC2)on1. The first-order valence-electron chi connectivity index (χ1n) is 11.1. The molecular weight excluding hydrogens is 408 g/mol. The van der Waals surface area contributed by atoms with Crippen LogP contribution in [0.4, 0.5) is 0 Å². The molecule has 1 aromatic rings. The maximum absolute atomic E-state index is 13.2. The smallest absolute Gasteiger partial charge is 0.273 e. The molecule has 164 valence electrons. The Bertz CT molecular complexity index is 921. The Morgan fingerprint density at radius 3 is 2.53 bits per heavy atom. The van der Waals surface area contributed by atoms with Crippen molar-refractivity contribution in [3.63, 3.8) is 0 Å². The van der Waals surface area contributed by atoms with Crippen molar-refractivity contribution in [1.29, 1.82) is 0 Å². The molecule has 9 nitrogen and oxygen atoms in total. The van der Waals surface area contributed by atoms with Crippen molar-refractivity contribution < 1.29 is 22.5 Å². The molecule has 1 aromatic heterocycles. The van der Waals surface area contributed by atoms with E-state index in [4.69, 9.17) is 9.26 Å². The monoisotopic (exact) mass is 436 g/mol. The van der Waals surface area contributed by atoms with Crippen LogP contribution in [0.1, 0.15) is 47.8 Å². The van der Waals surface area contributed by atoms with Crippen molar-refractivity contribution >= 4 is 15.9 Å². The Hall–Kier alpha value is -1.49. The highest BCUT2D eigenvalue weighted by Crippen LogP contribution is 2.50. The van der Waals surface area contributed by atoms with Crippen LogP contribution in [0.5, 0.6) is 0 Å². The summed E-state index contributed by atoms with van der Waals surface area (Å²) in [4.78, 5) is 12.6. The first-order valence-corrected chi connectivity index (χ1v) is 12.7. The first-order chi connectivity index (χ1) is 14.5. The van der Waals surface area contributed by atoms with E-state index in [0.717, 1.165) is 25.9 Å². The van der Waals surface area contributed by atoms with Crippen LogP contribution in [0.15, 0.2) is 10.6 Å². The predicted molar refractivity (Wildman–Crippen MR) is 106 cm³/mol. The van der Waals surface area contributed by atoms with Crippen molar-refractivity contribution in [3.8, 4) is 0 Å². The fourth-order valence-electron chi connectivity index (χ4n) is 6.08. The van der Waals surface area contributed by atoms with Gasteiger partial charge in [-0.3, -0.25) is 4.79 Å². The Balaban J connectivity index is 1.08. The molecule has 0 spiro atoms. The average Bonchev–Trinajstić information content (AvgIpc) is 3.11. The minimum atomic E-state index is -3.25. The number of carbonyl (C=O) groups excluding carboxylic acids is 1. The summed E-state index contributed by atoms with van der Waals surface area (Å²) in [6.07, 6.45) is 3.10. The molecule has 5 heterocycles. The van der Waals surface area contributed by atoms with Crippen LogP contribution < -0.4 is 10.6 Å². The number of hydrogen-bond donors (Lipinski definition) is 2. The largest absolute Gasteiger partial charge is 0.380 e. The summed E-state index contributed by atoms with van der Waals surface area (Å²) in [7, 11) is -3.25. The number of nitrogens with one attached hydrogen (secondary N) is 2. The van der Waals surface area contributed by atoms with Crippen LogP contribution >= 0.6 is 0 Å². The van der Waals surface area contributed by atoms with Gasteiger partial charge < -0.3 is 19.9 Å². The highest BCUT2D eigenvalue weighted by atomic mass is 32.2.